The molecule has 2 aromatic rings. The van der Waals surface area contributed by atoms with Crippen molar-refractivity contribution in [2.45, 2.75) is 58.2 Å². The molecule has 172 valence electrons. The molecule has 0 radical (unpaired) electrons. The number of nitrogens with zero attached hydrogens (tertiary/aromatic N) is 5. The summed E-state index contributed by atoms with van der Waals surface area (Å²) in [6, 6.07) is 3.33. The van der Waals surface area contributed by atoms with Crippen LogP contribution in [0.2, 0.25) is 0 Å². The van der Waals surface area contributed by atoms with Crippen LogP contribution in [-0.2, 0) is 19.6 Å². The van der Waals surface area contributed by atoms with Crippen LogP contribution in [0.3, 0.4) is 0 Å². The molecule has 0 saturated carbocycles. The van der Waals surface area contributed by atoms with Crippen molar-refractivity contribution < 1.29 is 13.2 Å². The lowest BCUT2D eigenvalue weighted by Crippen LogP contribution is -2.44. The third kappa shape index (κ3) is 6.09. The molecule has 1 fully saturated rings. The summed E-state index contributed by atoms with van der Waals surface area (Å²) in [5.41, 5.74) is 1.47. The second-order valence-corrected chi connectivity index (χ2v) is 8.06. The molecule has 0 atom stereocenters. The van der Waals surface area contributed by atoms with Crippen LogP contribution in [0.15, 0.2) is 12.1 Å². The SMILES string of the molecule is CCc1cc(C)c(C(F)(F)F)cc1N(CCCCNc1nnn(C)n1)C1CCNCC1. The summed E-state index contributed by atoms with van der Waals surface area (Å²) in [5.74, 6) is 0.485. The summed E-state index contributed by atoms with van der Waals surface area (Å²) in [4.78, 5) is 3.61. The van der Waals surface area contributed by atoms with Gasteiger partial charge in [0.15, 0.2) is 0 Å². The maximum Gasteiger partial charge on any atom is 0.416 e. The lowest BCUT2D eigenvalue weighted by Gasteiger charge is -2.38. The van der Waals surface area contributed by atoms with E-state index in [1.165, 1.54) is 10.9 Å². The zero-order valence-corrected chi connectivity index (χ0v) is 18.5. The summed E-state index contributed by atoms with van der Waals surface area (Å²) < 4.78 is 40.9. The van der Waals surface area contributed by atoms with Gasteiger partial charge in [-0.1, -0.05) is 18.1 Å². The maximum atomic E-state index is 13.6. The van der Waals surface area contributed by atoms with E-state index in [1.807, 2.05) is 6.92 Å². The number of alkyl halides is 3. The van der Waals surface area contributed by atoms with Gasteiger partial charge in [-0.15, -0.1) is 5.10 Å². The predicted molar refractivity (Wildman–Crippen MR) is 115 cm³/mol. The number of aryl methyl sites for hydroxylation is 3. The zero-order chi connectivity index (χ0) is 22.4. The summed E-state index contributed by atoms with van der Waals surface area (Å²) in [7, 11) is 1.71. The van der Waals surface area contributed by atoms with Gasteiger partial charge in [0.2, 0.25) is 0 Å². The van der Waals surface area contributed by atoms with E-state index in [-0.39, 0.29) is 6.04 Å². The van der Waals surface area contributed by atoms with Crippen molar-refractivity contribution in [2.75, 3.05) is 36.4 Å². The Labute approximate surface area is 181 Å². The number of anilines is 2. The van der Waals surface area contributed by atoms with Crippen molar-refractivity contribution >= 4 is 11.6 Å². The molecule has 1 aliphatic rings. The maximum absolute atomic E-state index is 13.6. The van der Waals surface area contributed by atoms with Gasteiger partial charge >= 0.3 is 6.18 Å². The first-order valence-electron chi connectivity index (χ1n) is 11.0. The minimum absolute atomic E-state index is 0.241. The molecule has 3 rings (SSSR count). The van der Waals surface area contributed by atoms with Gasteiger partial charge in [-0.2, -0.15) is 18.0 Å². The van der Waals surface area contributed by atoms with Crippen molar-refractivity contribution in [1.29, 1.82) is 0 Å². The Balaban J connectivity index is 1.75. The highest BCUT2D eigenvalue weighted by atomic mass is 19.4. The molecule has 0 unspecified atom stereocenters. The number of rotatable bonds is 9. The van der Waals surface area contributed by atoms with Crippen molar-refractivity contribution in [3.63, 3.8) is 0 Å². The van der Waals surface area contributed by atoms with Crippen LogP contribution in [0, 0.1) is 6.92 Å². The molecule has 0 aliphatic carbocycles. The normalized spacial score (nSPS) is 15.3. The van der Waals surface area contributed by atoms with E-state index in [4.69, 9.17) is 0 Å². The lowest BCUT2D eigenvalue weighted by molar-refractivity contribution is -0.138. The Morgan fingerprint density at radius 1 is 1.23 bits per heavy atom. The summed E-state index contributed by atoms with van der Waals surface area (Å²) in [6.45, 7) is 6.74. The third-order valence-corrected chi connectivity index (χ3v) is 5.79. The monoisotopic (exact) mass is 439 g/mol. The summed E-state index contributed by atoms with van der Waals surface area (Å²) in [5, 5.41) is 18.3. The largest absolute Gasteiger partial charge is 0.416 e. The second-order valence-electron chi connectivity index (χ2n) is 8.06. The van der Waals surface area contributed by atoms with Crippen LogP contribution in [0.5, 0.6) is 0 Å². The fourth-order valence-corrected chi connectivity index (χ4v) is 4.19. The number of nitrogens with one attached hydrogen (secondary N) is 2. The lowest BCUT2D eigenvalue weighted by atomic mass is 9.96. The number of aromatic nitrogens is 4. The van der Waals surface area contributed by atoms with E-state index in [1.54, 1.807) is 20.0 Å². The molecule has 1 aromatic heterocycles. The van der Waals surface area contributed by atoms with Crippen LogP contribution in [0.25, 0.3) is 0 Å². The van der Waals surface area contributed by atoms with Gasteiger partial charge in [0.1, 0.15) is 0 Å². The fraction of sp³-hybridized carbons (Fsp3) is 0.667. The highest BCUT2D eigenvalue weighted by Gasteiger charge is 2.34. The summed E-state index contributed by atoms with van der Waals surface area (Å²) in [6.07, 6.45) is -0.0662. The molecule has 0 amide bonds. The minimum Gasteiger partial charge on any atom is -0.368 e. The molecule has 31 heavy (non-hydrogen) atoms. The van der Waals surface area contributed by atoms with Gasteiger partial charge in [-0.05, 0) is 74.5 Å². The van der Waals surface area contributed by atoms with Gasteiger partial charge in [0, 0.05) is 24.8 Å². The predicted octanol–water partition coefficient (Wildman–Crippen LogP) is 3.55. The number of hydrogen-bond acceptors (Lipinski definition) is 6. The summed E-state index contributed by atoms with van der Waals surface area (Å²) >= 11 is 0. The average molecular weight is 440 g/mol. The molecule has 1 aliphatic heterocycles. The number of benzene rings is 1. The Morgan fingerprint density at radius 3 is 2.58 bits per heavy atom. The van der Waals surface area contributed by atoms with E-state index in [0.717, 1.165) is 50.0 Å². The van der Waals surface area contributed by atoms with Gasteiger partial charge < -0.3 is 15.5 Å². The first-order valence-corrected chi connectivity index (χ1v) is 11.0. The molecule has 0 spiro atoms. The van der Waals surface area contributed by atoms with E-state index in [9.17, 15) is 13.2 Å². The Bertz CT molecular complexity index is 844. The number of hydrogen-bond donors (Lipinski definition) is 2. The zero-order valence-electron chi connectivity index (χ0n) is 18.5. The second kappa shape index (κ2) is 10.3. The molecule has 10 heteroatoms. The fourth-order valence-electron chi connectivity index (χ4n) is 4.19. The van der Waals surface area contributed by atoms with Crippen LogP contribution >= 0.6 is 0 Å². The van der Waals surface area contributed by atoms with Crippen LogP contribution in [-0.4, -0.2) is 52.4 Å². The van der Waals surface area contributed by atoms with Crippen LogP contribution in [0.4, 0.5) is 24.8 Å². The standard InChI is InChI=1S/C21H32F3N7/c1-4-16-13-15(2)18(21(22,23)24)14-19(16)31(17-7-10-25-11-8-17)12-6-5-9-26-20-27-29-30(3)28-20/h13-14,17,25H,4-12H2,1-3H3,(H,26,28). The molecule has 0 bridgehead atoms. The smallest absolute Gasteiger partial charge is 0.368 e. The topological polar surface area (TPSA) is 70.9 Å². The molecule has 7 nitrogen and oxygen atoms in total. The van der Waals surface area contributed by atoms with Gasteiger partial charge in [0.25, 0.3) is 5.95 Å². The molecule has 1 aromatic carbocycles. The van der Waals surface area contributed by atoms with Crippen molar-refractivity contribution in [1.82, 2.24) is 25.5 Å². The Morgan fingerprint density at radius 2 is 1.97 bits per heavy atom. The van der Waals surface area contributed by atoms with Gasteiger partial charge in [0.05, 0.1) is 12.6 Å². The Kier molecular flexibility index (Phi) is 7.74. The Hall–Kier alpha value is -2.36. The van der Waals surface area contributed by atoms with E-state index >= 15 is 0 Å². The van der Waals surface area contributed by atoms with Crippen molar-refractivity contribution in [3.8, 4) is 0 Å². The molecule has 2 heterocycles. The van der Waals surface area contributed by atoms with Crippen LogP contribution in [0.1, 0.15) is 49.3 Å². The first kappa shape index (κ1) is 23.3. The molecule has 1 saturated heterocycles. The highest BCUT2D eigenvalue weighted by Crippen LogP contribution is 2.37. The van der Waals surface area contributed by atoms with Gasteiger partial charge in [-0.3, -0.25) is 0 Å². The quantitative estimate of drug-likeness (QED) is 0.583. The van der Waals surface area contributed by atoms with E-state index in [2.05, 4.69) is 30.9 Å². The number of halogens is 3. The van der Waals surface area contributed by atoms with Crippen molar-refractivity contribution in [3.05, 3.63) is 28.8 Å². The van der Waals surface area contributed by atoms with Gasteiger partial charge in [-0.25, -0.2) is 0 Å². The number of unbranched alkanes of at least 4 members (excludes halogenated alkanes) is 1. The van der Waals surface area contributed by atoms with Crippen molar-refractivity contribution in [2.24, 2.45) is 7.05 Å². The molecular weight excluding hydrogens is 407 g/mol. The molecular formula is C21H32F3N7. The average Bonchev–Trinajstić information content (AvgIpc) is 3.15. The van der Waals surface area contributed by atoms with Crippen LogP contribution < -0.4 is 15.5 Å². The molecule has 2 N–H and O–H groups in total. The highest BCUT2D eigenvalue weighted by molar-refractivity contribution is 5.59. The first-order chi connectivity index (χ1) is 14.8. The van der Waals surface area contributed by atoms with E-state index < -0.39 is 11.7 Å². The third-order valence-electron chi connectivity index (χ3n) is 5.79. The van der Waals surface area contributed by atoms with E-state index in [0.29, 0.717) is 31.0 Å². The minimum atomic E-state index is -4.35. The number of tetrazole rings is 1. The number of piperidine rings is 1.